The van der Waals surface area contributed by atoms with E-state index >= 15 is 0 Å². The number of hydrogen-bond acceptors (Lipinski definition) is 2. The molecule has 1 fully saturated rings. The van der Waals surface area contributed by atoms with Crippen molar-refractivity contribution in [3.8, 4) is 0 Å². The first-order valence-electron chi connectivity index (χ1n) is 9.36. The third-order valence-electron chi connectivity index (χ3n) is 5.55. The highest BCUT2D eigenvalue weighted by molar-refractivity contribution is 6.34. The first-order valence-corrected chi connectivity index (χ1v) is 9.74. The first-order chi connectivity index (χ1) is 12.9. The molecule has 0 spiro atoms. The lowest BCUT2D eigenvalue weighted by molar-refractivity contribution is -0.0451. The van der Waals surface area contributed by atoms with E-state index in [0.717, 1.165) is 34.5 Å². The molecule has 1 aliphatic heterocycles. The molecule has 0 radical (unpaired) electrons. The van der Waals surface area contributed by atoms with Crippen LogP contribution in [0.15, 0.2) is 37.2 Å². The van der Waals surface area contributed by atoms with Gasteiger partial charge in [-0.05, 0) is 37.0 Å². The lowest BCUT2D eigenvalue weighted by atomic mass is 9.87. The predicted octanol–water partition coefficient (Wildman–Crippen LogP) is 5.74. The maximum Gasteiger partial charge on any atom is 0.248 e. The molecule has 2 aliphatic rings. The quantitative estimate of drug-likeness (QED) is 0.702. The molecular formula is C21H23ClF2N2O. The topological polar surface area (TPSA) is 25.7 Å². The molecule has 27 heavy (non-hydrogen) atoms. The summed E-state index contributed by atoms with van der Waals surface area (Å²) < 4.78 is 34.1. The third kappa shape index (κ3) is 3.70. The van der Waals surface area contributed by atoms with Crippen LogP contribution in [0, 0.1) is 5.92 Å². The summed E-state index contributed by atoms with van der Waals surface area (Å²) in [7, 11) is 0. The molecule has 4 rings (SSSR count). The van der Waals surface area contributed by atoms with Crippen molar-refractivity contribution in [1.82, 2.24) is 9.72 Å². The molecule has 3 heterocycles. The van der Waals surface area contributed by atoms with Gasteiger partial charge in [0.15, 0.2) is 0 Å². The fourth-order valence-corrected chi connectivity index (χ4v) is 4.20. The van der Waals surface area contributed by atoms with Gasteiger partial charge in [0.1, 0.15) is 0 Å². The summed E-state index contributed by atoms with van der Waals surface area (Å²) in [6, 6.07) is 5.85. The standard InChI is InChI=1S/C21H23ClF2N2O/c1-14(25-12-15-4-7-21(23,24)8-5-15)17-11-19(16-6-10-27-13-16)26-9-2-3-18(22)20(17)26/h2-3,9,11,13,15,25H,1,4-8,10,12H2. The zero-order valence-corrected chi connectivity index (χ0v) is 15.9. The second-order valence-electron chi connectivity index (χ2n) is 7.44. The van der Waals surface area contributed by atoms with Crippen LogP contribution in [0.4, 0.5) is 8.78 Å². The van der Waals surface area contributed by atoms with Gasteiger partial charge in [0.2, 0.25) is 5.92 Å². The number of aromatic nitrogens is 1. The molecular weight excluding hydrogens is 370 g/mol. The summed E-state index contributed by atoms with van der Waals surface area (Å²) in [5.74, 6) is -2.25. The molecule has 0 amide bonds. The van der Waals surface area contributed by atoms with Crippen LogP contribution in [0.5, 0.6) is 0 Å². The number of alkyl halides is 2. The van der Waals surface area contributed by atoms with E-state index in [1.54, 1.807) is 6.26 Å². The van der Waals surface area contributed by atoms with Crippen LogP contribution >= 0.6 is 11.6 Å². The summed E-state index contributed by atoms with van der Waals surface area (Å²) in [5, 5.41) is 4.01. The Hall–Kier alpha value is -2.01. The molecule has 0 atom stereocenters. The summed E-state index contributed by atoms with van der Waals surface area (Å²) in [6.45, 7) is 5.52. The molecule has 2 aromatic rings. The average Bonchev–Trinajstić information content (AvgIpc) is 3.28. The van der Waals surface area contributed by atoms with Gasteiger partial charge in [-0.1, -0.05) is 18.2 Å². The van der Waals surface area contributed by atoms with Crippen LogP contribution in [-0.2, 0) is 4.74 Å². The molecule has 1 saturated carbocycles. The van der Waals surface area contributed by atoms with E-state index in [-0.39, 0.29) is 18.8 Å². The highest BCUT2D eigenvalue weighted by Gasteiger charge is 2.34. The van der Waals surface area contributed by atoms with Crippen molar-refractivity contribution in [3.63, 3.8) is 0 Å². The maximum absolute atomic E-state index is 13.3. The van der Waals surface area contributed by atoms with E-state index in [4.69, 9.17) is 16.3 Å². The van der Waals surface area contributed by atoms with Gasteiger partial charge in [-0.15, -0.1) is 0 Å². The number of ether oxygens (including phenoxy) is 1. The van der Waals surface area contributed by atoms with Crippen LogP contribution in [0.1, 0.15) is 43.4 Å². The molecule has 6 heteroatoms. The zero-order chi connectivity index (χ0) is 19.0. The van der Waals surface area contributed by atoms with Crippen LogP contribution in [0.25, 0.3) is 16.8 Å². The number of pyridine rings is 1. The Balaban J connectivity index is 1.55. The van der Waals surface area contributed by atoms with Crippen molar-refractivity contribution in [1.29, 1.82) is 0 Å². The molecule has 1 N–H and O–H groups in total. The van der Waals surface area contributed by atoms with E-state index in [0.29, 0.717) is 31.0 Å². The number of nitrogens with zero attached hydrogens (tertiary/aromatic N) is 1. The van der Waals surface area contributed by atoms with Gasteiger partial charge in [0, 0.05) is 48.8 Å². The van der Waals surface area contributed by atoms with E-state index in [1.807, 2.05) is 18.3 Å². The Kier molecular flexibility index (Phi) is 4.89. The maximum atomic E-state index is 13.3. The minimum atomic E-state index is -2.49. The van der Waals surface area contributed by atoms with Gasteiger partial charge < -0.3 is 14.5 Å². The molecule has 2 aromatic heterocycles. The number of rotatable bonds is 5. The highest BCUT2D eigenvalue weighted by atomic mass is 35.5. The minimum absolute atomic E-state index is 0.0227. The van der Waals surface area contributed by atoms with Crippen LogP contribution in [0.3, 0.4) is 0 Å². The van der Waals surface area contributed by atoms with Crippen molar-refractivity contribution in [2.45, 2.75) is 38.0 Å². The largest absolute Gasteiger partial charge is 0.500 e. The van der Waals surface area contributed by atoms with Crippen LogP contribution in [0.2, 0.25) is 5.02 Å². The van der Waals surface area contributed by atoms with Gasteiger partial charge in [-0.2, -0.15) is 0 Å². The van der Waals surface area contributed by atoms with Gasteiger partial charge in [-0.25, -0.2) is 8.78 Å². The monoisotopic (exact) mass is 392 g/mol. The van der Waals surface area contributed by atoms with Crippen molar-refractivity contribution in [3.05, 3.63) is 53.5 Å². The first kappa shape index (κ1) is 18.4. The van der Waals surface area contributed by atoms with Gasteiger partial charge in [-0.3, -0.25) is 0 Å². The number of halogens is 3. The third-order valence-corrected chi connectivity index (χ3v) is 5.86. The fourth-order valence-electron chi connectivity index (χ4n) is 3.94. The Morgan fingerprint density at radius 1 is 1.37 bits per heavy atom. The normalized spacial score (nSPS) is 19.7. The highest BCUT2D eigenvalue weighted by Crippen LogP contribution is 2.37. The zero-order valence-electron chi connectivity index (χ0n) is 15.1. The molecule has 144 valence electrons. The van der Waals surface area contributed by atoms with Crippen molar-refractivity contribution in [2.75, 3.05) is 13.2 Å². The minimum Gasteiger partial charge on any atom is -0.500 e. The molecule has 0 bridgehead atoms. The van der Waals surface area contributed by atoms with Crippen molar-refractivity contribution < 1.29 is 13.5 Å². The van der Waals surface area contributed by atoms with Gasteiger partial charge in [0.25, 0.3) is 0 Å². The van der Waals surface area contributed by atoms with Crippen LogP contribution in [-0.4, -0.2) is 23.5 Å². The van der Waals surface area contributed by atoms with E-state index < -0.39 is 5.92 Å². The summed E-state index contributed by atoms with van der Waals surface area (Å²) in [5.41, 5.74) is 4.77. The Labute approximate surface area is 162 Å². The SMILES string of the molecule is C=C(NCC1CCC(F)(F)CC1)c1cc(C2=COCC2)n2cccc(Cl)c12. The number of fused-ring (bicyclic) bond motifs is 1. The Morgan fingerprint density at radius 2 is 2.15 bits per heavy atom. The van der Waals surface area contributed by atoms with Gasteiger partial charge in [0.05, 0.1) is 29.1 Å². The average molecular weight is 393 g/mol. The van der Waals surface area contributed by atoms with Crippen molar-refractivity contribution in [2.24, 2.45) is 5.92 Å². The fraction of sp³-hybridized carbons (Fsp3) is 0.429. The summed E-state index contributed by atoms with van der Waals surface area (Å²) >= 11 is 6.48. The Morgan fingerprint density at radius 3 is 2.85 bits per heavy atom. The van der Waals surface area contributed by atoms with E-state index in [9.17, 15) is 8.78 Å². The Bertz CT molecular complexity index is 893. The van der Waals surface area contributed by atoms with Crippen molar-refractivity contribution >= 4 is 28.4 Å². The molecule has 1 aliphatic carbocycles. The lowest BCUT2D eigenvalue weighted by Gasteiger charge is -2.28. The van der Waals surface area contributed by atoms with E-state index in [2.05, 4.69) is 22.4 Å². The second kappa shape index (κ2) is 7.19. The molecule has 0 saturated heterocycles. The number of hydrogen-bond donors (Lipinski definition) is 1. The molecule has 0 aromatic carbocycles. The smallest absolute Gasteiger partial charge is 0.248 e. The number of nitrogens with one attached hydrogen (secondary N) is 1. The van der Waals surface area contributed by atoms with Gasteiger partial charge >= 0.3 is 0 Å². The van der Waals surface area contributed by atoms with Crippen LogP contribution < -0.4 is 5.32 Å². The predicted molar refractivity (Wildman–Crippen MR) is 105 cm³/mol. The summed E-state index contributed by atoms with van der Waals surface area (Å²) in [4.78, 5) is 0. The summed E-state index contributed by atoms with van der Waals surface area (Å²) in [6.07, 6.45) is 5.67. The van der Waals surface area contributed by atoms with E-state index in [1.165, 1.54) is 0 Å². The lowest BCUT2D eigenvalue weighted by Crippen LogP contribution is -2.30. The molecule has 0 unspecified atom stereocenters. The molecule has 3 nitrogen and oxygen atoms in total. The second-order valence-corrected chi connectivity index (χ2v) is 7.85.